The Bertz CT molecular complexity index is 755. The number of rotatable bonds is 6. The van der Waals surface area contributed by atoms with Crippen LogP contribution in [0.15, 0.2) is 36.4 Å². The summed E-state index contributed by atoms with van der Waals surface area (Å²) >= 11 is 5.97. The van der Waals surface area contributed by atoms with Crippen LogP contribution in [0.25, 0.3) is 0 Å². The van der Waals surface area contributed by atoms with Crippen molar-refractivity contribution < 1.29 is 9.59 Å². The minimum atomic E-state index is 0.0900. The van der Waals surface area contributed by atoms with Crippen LogP contribution in [0, 0.1) is 23.7 Å². The molecule has 0 aromatic heterocycles. The molecular weight excluding hydrogens is 372 g/mol. The second-order valence-corrected chi connectivity index (χ2v) is 9.04. The van der Waals surface area contributed by atoms with E-state index in [2.05, 4.69) is 22.4 Å². The average Bonchev–Trinajstić information content (AvgIpc) is 3.34. The van der Waals surface area contributed by atoms with E-state index in [1.165, 1.54) is 6.42 Å². The van der Waals surface area contributed by atoms with E-state index in [1.54, 1.807) is 0 Å². The molecule has 3 atom stereocenters. The molecule has 4 rings (SSSR count). The number of hydrogen-bond acceptors (Lipinski definition) is 2. The number of likely N-dealkylation sites (tertiary alicyclic amines) is 1. The Hall–Kier alpha value is -1.81. The number of amides is 2. The molecule has 1 N–H and O–H groups in total. The van der Waals surface area contributed by atoms with Gasteiger partial charge in [0.2, 0.25) is 11.8 Å². The Labute approximate surface area is 172 Å². The first-order valence-corrected chi connectivity index (χ1v) is 10.9. The molecule has 0 spiro atoms. The van der Waals surface area contributed by atoms with E-state index in [1.807, 2.05) is 24.3 Å². The van der Waals surface area contributed by atoms with Gasteiger partial charge in [0.15, 0.2) is 0 Å². The van der Waals surface area contributed by atoms with E-state index in [4.69, 9.17) is 11.6 Å². The molecule has 2 amide bonds. The van der Waals surface area contributed by atoms with E-state index >= 15 is 0 Å². The van der Waals surface area contributed by atoms with Crippen LogP contribution in [-0.2, 0) is 16.1 Å². The number of nitrogens with zero attached hydrogens (tertiary/aromatic N) is 1. The molecule has 4 nitrogen and oxygen atoms in total. The zero-order valence-electron chi connectivity index (χ0n) is 16.3. The molecule has 1 heterocycles. The van der Waals surface area contributed by atoms with E-state index in [-0.39, 0.29) is 11.8 Å². The van der Waals surface area contributed by atoms with Gasteiger partial charge in [-0.1, -0.05) is 35.9 Å². The van der Waals surface area contributed by atoms with Crippen molar-refractivity contribution in [2.24, 2.45) is 23.7 Å². The fourth-order valence-electron chi connectivity index (χ4n) is 5.01. The van der Waals surface area contributed by atoms with Crippen molar-refractivity contribution in [1.29, 1.82) is 0 Å². The molecule has 1 aliphatic heterocycles. The number of allylic oxidation sites excluding steroid dienone is 2. The highest BCUT2D eigenvalue weighted by Gasteiger charge is 2.41. The van der Waals surface area contributed by atoms with E-state index in [0.717, 1.165) is 44.3 Å². The number of hydrogen-bond donors (Lipinski definition) is 1. The largest absolute Gasteiger partial charge is 0.352 e. The smallest absolute Gasteiger partial charge is 0.226 e. The minimum Gasteiger partial charge on any atom is -0.352 e. The van der Waals surface area contributed by atoms with Gasteiger partial charge >= 0.3 is 0 Å². The summed E-state index contributed by atoms with van der Waals surface area (Å²) in [5.41, 5.74) is 1.02. The Balaban J connectivity index is 1.15. The first-order chi connectivity index (χ1) is 13.6. The van der Waals surface area contributed by atoms with E-state index in [0.29, 0.717) is 41.6 Å². The van der Waals surface area contributed by atoms with Gasteiger partial charge in [0, 0.05) is 37.0 Å². The standard InChI is InChI=1S/C23H29ClN2O2/c24-20-3-1-2-18(13-20)15-25-22(27)7-5-16-8-10-26(11-9-16)23(28)21-14-17-4-6-19(21)12-17/h1-4,6,13,16-17,19,21H,5,7-12,14-15H2,(H,25,27)/t17-,19+,21+/m1/s1. The number of fused-ring (bicyclic) bond motifs is 2. The van der Waals surface area contributed by atoms with Gasteiger partial charge in [0.1, 0.15) is 0 Å². The number of benzene rings is 1. The van der Waals surface area contributed by atoms with Crippen molar-refractivity contribution in [2.75, 3.05) is 13.1 Å². The predicted molar refractivity (Wildman–Crippen MR) is 111 cm³/mol. The molecule has 1 saturated heterocycles. The molecule has 3 aliphatic rings. The maximum absolute atomic E-state index is 12.8. The first-order valence-electron chi connectivity index (χ1n) is 10.6. The van der Waals surface area contributed by atoms with Gasteiger partial charge in [0.05, 0.1) is 0 Å². The normalized spacial score (nSPS) is 26.6. The summed E-state index contributed by atoms with van der Waals surface area (Å²) in [7, 11) is 0. The van der Waals surface area contributed by atoms with Gasteiger partial charge in [-0.25, -0.2) is 0 Å². The van der Waals surface area contributed by atoms with Gasteiger partial charge in [-0.15, -0.1) is 0 Å². The summed E-state index contributed by atoms with van der Waals surface area (Å²) in [6.07, 6.45) is 10.3. The molecule has 0 radical (unpaired) electrons. The number of carbonyl (C=O) groups excluding carboxylic acids is 2. The van der Waals surface area contributed by atoms with Crippen molar-refractivity contribution in [3.8, 4) is 0 Å². The average molecular weight is 401 g/mol. The summed E-state index contributed by atoms with van der Waals surface area (Å²) in [4.78, 5) is 27.1. The molecular formula is C23H29ClN2O2. The van der Waals surface area contributed by atoms with Gasteiger partial charge in [-0.05, 0) is 67.6 Å². The monoisotopic (exact) mass is 400 g/mol. The maximum atomic E-state index is 12.8. The molecule has 2 bridgehead atoms. The lowest BCUT2D eigenvalue weighted by Gasteiger charge is -2.34. The molecule has 5 heteroatoms. The van der Waals surface area contributed by atoms with Crippen LogP contribution in [0.2, 0.25) is 5.02 Å². The number of piperidine rings is 1. The van der Waals surface area contributed by atoms with Crippen LogP contribution in [-0.4, -0.2) is 29.8 Å². The quantitative estimate of drug-likeness (QED) is 0.728. The van der Waals surface area contributed by atoms with Crippen molar-refractivity contribution in [2.45, 2.75) is 45.1 Å². The molecule has 28 heavy (non-hydrogen) atoms. The van der Waals surface area contributed by atoms with Crippen molar-refractivity contribution in [3.05, 3.63) is 47.0 Å². The SMILES string of the molecule is O=C(CCC1CCN(C(=O)[C@H]2C[C@@H]3C=C[C@H]2C3)CC1)NCc1cccc(Cl)c1. The molecule has 1 saturated carbocycles. The molecule has 2 aliphatic carbocycles. The van der Waals surface area contributed by atoms with Gasteiger partial charge in [-0.2, -0.15) is 0 Å². The third-order valence-electron chi connectivity index (χ3n) is 6.68. The zero-order chi connectivity index (χ0) is 19.5. The lowest BCUT2D eigenvalue weighted by atomic mass is 9.88. The Morgan fingerprint density at radius 1 is 1.14 bits per heavy atom. The van der Waals surface area contributed by atoms with E-state index < -0.39 is 0 Å². The summed E-state index contributed by atoms with van der Waals surface area (Å²) in [6.45, 7) is 2.22. The van der Waals surface area contributed by atoms with Crippen LogP contribution in [0.5, 0.6) is 0 Å². The highest BCUT2D eigenvalue weighted by Crippen LogP contribution is 2.44. The van der Waals surface area contributed by atoms with Crippen molar-refractivity contribution in [1.82, 2.24) is 10.2 Å². The Kier molecular flexibility index (Phi) is 6.05. The van der Waals surface area contributed by atoms with E-state index in [9.17, 15) is 9.59 Å². The number of nitrogens with one attached hydrogen (secondary N) is 1. The second-order valence-electron chi connectivity index (χ2n) is 8.60. The third kappa shape index (κ3) is 4.60. The summed E-state index contributed by atoms with van der Waals surface area (Å²) in [5, 5.41) is 3.67. The summed E-state index contributed by atoms with van der Waals surface area (Å²) in [6, 6.07) is 7.56. The second kappa shape index (κ2) is 8.69. The fraction of sp³-hybridized carbons (Fsp3) is 0.565. The van der Waals surface area contributed by atoms with Gasteiger partial charge < -0.3 is 10.2 Å². The highest BCUT2D eigenvalue weighted by atomic mass is 35.5. The van der Waals surface area contributed by atoms with Crippen molar-refractivity contribution in [3.63, 3.8) is 0 Å². The van der Waals surface area contributed by atoms with Gasteiger partial charge in [0.25, 0.3) is 0 Å². The molecule has 1 aromatic rings. The van der Waals surface area contributed by atoms with Crippen LogP contribution in [0.3, 0.4) is 0 Å². The van der Waals surface area contributed by atoms with Crippen LogP contribution in [0.1, 0.15) is 44.1 Å². The first kappa shape index (κ1) is 19.5. The molecule has 1 aromatic carbocycles. The lowest BCUT2D eigenvalue weighted by Crippen LogP contribution is -2.42. The topological polar surface area (TPSA) is 49.4 Å². The predicted octanol–water partition coefficient (Wildman–Crippen LogP) is 4.19. The van der Waals surface area contributed by atoms with Crippen LogP contribution < -0.4 is 5.32 Å². The van der Waals surface area contributed by atoms with Crippen LogP contribution >= 0.6 is 11.6 Å². The highest BCUT2D eigenvalue weighted by molar-refractivity contribution is 6.30. The number of carbonyl (C=O) groups is 2. The Morgan fingerprint density at radius 3 is 2.64 bits per heavy atom. The summed E-state index contributed by atoms with van der Waals surface area (Å²) in [5.74, 6) is 2.35. The molecule has 150 valence electrons. The molecule has 0 unspecified atom stereocenters. The Morgan fingerprint density at radius 2 is 1.96 bits per heavy atom. The number of halogens is 1. The van der Waals surface area contributed by atoms with Crippen molar-refractivity contribution >= 4 is 23.4 Å². The minimum absolute atomic E-state index is 0.0900. The third-order valence-corrected chi connectivity index (χ3v) is 6.92. The van der Waals surface area contributed by atoms with Crippen LogP contribution in [0.4, 0.5) is 0 Å². The fourth-order valence-corrected chi connectivity index (χ4v) is 5.23. The molecule has 2 fully saturated rings. The maximum Gasteiger partial charge on any atom is 0.226 e. The lowest BCUT2D eigenvalue weighted by molar-refractivity contribution is -0.138. The zero-order valence-corrected chi connectivity index (χ0v) is 17.0. The van der Waals surface area contributed by atoms with Gasteiger partial charge in [-0.3, -0.25) is 9.59 Å². The summed E-state index contributed by atoms with van der Waals surface area (Å²) < 4.78 is 0.